The molecule has 1 saturated carbocycles. The van der Waals surface area contributed by atoms with Crippen LogP contribution in [0.25, 0.3) is 27.5 Å². The van der Waals surface area contributed by atoms with Crippen molar-refractivity contribution in [3.05, 3.63) is 106 Å². The van der Waals surface area contributed by atoms with Gasteiger partial charge in [0.15, 0.2) is 16.4 Å². The molecule has 0 radical (unpaired) electrons. The molecule has 6 rings (SSSR count). The van der Waals surface area contributed by atoms with Gasteiger partial charge in [0.2, 0.25) is 5.13 Å². The highest BCUT2D eigenvalue weighted by molar-refractivity contribution is 7.79. The summed E-state index contributed by atoms with van der Waals surface area (Å²) in [4.78, 5) is 16.5. The molecule has 1 unspecified atom stereocenters. The van der Waals surface area contributed by atoms with Gasteiger partial charge in [0.1, 0.15) is 5.82 Å². The monoisotopic (exact) mass is 636 g/mol. The molecule has 8 nitrogen and oxygen atoms in total. The van der Waals surface area contributed by atoms with Crippen LogP contribution in [0, 0.1) is 18.6 Å². The Morgan fingerprint density at radius 1 is 1.07 bits per heavy atom. The molecule has 1 atom stereocenters. The Hall–Kier alpha value is -4.10. The smallest absolute Gasteiger partial charge is 0.357 e. The second-order valence-electron chi connectivity index (χ2n) is 10.4. The lowest BCUT2D eigenvalue weighted by Crippen LogP contribution is -2.07. The number of hydrogen-bond acceptors (Lipinski definition) is 8. The van der Waals surface area contributed by atoms with E-state index in [1.165, 1.54) is 29.5 Å². The maximum atomic E-state index is 15.1. The first-order valence-corrected chi connectivity index (χ1v) is 15.8. The van der Waals surface area contributed by atoms with Gasteiger partial charge in [-0.1, -0.05) is 35.9 Å². The number of carbonyl (C=O) groups excluding carboxylic acids is 1. The van der Waals surface area contributed by atoms with Gasteiger partial charge >= 0.3 is 5.97 Å². The summed E-state index contributed by atoms with van der Waals surface area (Å²) in [5, 5.41) is 7.07. The highest BCUT2D eigenvalue weighted by Crippen LogP contribution is 2.46. The van der Waals surface area contributed by atoms with Gasteiger partial charge < -0.3 is 15.4 Å². The van der Waals surface area contributed by atoms with Crippen LogP contribution < -0.4 is 6.15 Å². The molecule has 1 fully saturated rings. The van der Waals surface area contributed by atoms with Crippen LogP contribution in [0.5, 0.6) is 0 Å². The minimum atomic E-state index is -3.07. The van der Waals surface area contributed by atoms with Crippen molar-refractivity contribution in [2.45, 2.75) is 43.9 Å². The molecule has 44 heavy (non-hydrogen) atoms. The molecule has 0 bridgehead atoms. The summed E-state index contributed by atoms with van der Waals surface area (Å²) in [6, 6.07) is 16.5. The third-order valence-corrected chi connectivity index (χ3v) is 8.91. The van der Waals surface area contributed by atoms with Gasteiger partial charge in [-0.2, -0.15) is 5.10 Å². The number of halogens is 2. The Morgan fingerprint density at radius 3 is 2.45 bits per heavy atom. The molecule has 0 aliphatic heterocycles. The van der Waals surface area contributed by atoms with Gasteiger partial charge in [-0.3, -0.25) is 0 Å². The molecule has 12 heteroatoms. The molecule has 3 N–H and O–H groups in total. The van der Waals surface area contributed by atoms with E-state index in [9.17, 15) is 17.9 Å². The number of carbonyl (C=O) groups is 1. The van der Waals surface area contributed by atoms with Crippen molar-refractivity contribution >= 4 is 28.4 Å². The Labute approximate surface area is 259 Å². The van der Waals surface area contributed by atoms with Crippen molar-refractivity contribution in [2.75, 3.05) is 6.61 Å². The number of rotatable bonds is 9. The molecule has 1 aliphatic rings. The zero-order chi connectivity index (χ0) is 30.2. The van der Waals surface area contributed by atoms with E-state index < -0.39 is 22.9 Å². The van der Waals surface area contributed by atoms with Crippen molar-refractivity contribution < 1.29 is 27.1 Å². The average molecular weight is 637 g/mol. The summed E-state index contributed by atoms with van der Waals surface area (Å²) in [5.41, 5.74) is 5.84. The first-order valence-electron chi connectivity index (χ1n) is 13.8. The van der Waals surface area contributed by atoms with Crippen molar-refractivity contribution in [3.8, 4) is 27.5 Å². The predicted molar refractivity (Wildman–Crippen MR) is 165 cm³/mol. The first kappa shape index (κ1) is 31.3. The third kappa shape index (κ3) is 6.25. The maximum Gasteiger partial charge on any atom is 0.357 e. The first-order chi connectivity index (χ1) is 20.7. The number of nitrogens with zero attached hydrogens (tertiary/aromatic N) is 3. The van der Waals surface area contributed by atoms with Crippen LogP contribution in [-0.4, -0.2) is 31.9 Å². The summed E-state index contributed by atoms with van der Waals surface area (Å²) < 4.78 is 59.6. The van der Waals surface area contributed by atoms with E-state index in [2.05, 4.69) is 4.98 Å². The lowest BCUT2D eigenvalue weighted by atomic mass is 9.95. The van der Waals surface area contributed by atoms with Gasteiger partial charge in [0.25, 0.3) is 0 Å². The molecule has 0 saturated heterocycles. The second kappa shape index (κ2) is 12.9. The fourth-order valence-corrected chi connectivity index (χ4v) is 6.28. The largest absolute Gasteiger partial charge is 0.612 e. The molecule has 3 aromatic carbocycles. The van der Waals surface area contributed by atoms with Gasteiger partial charge in [-0.25, -0.2) is 23.2 Å². The molecular weight excluding hydrogens is 607 g/mol. The van der Waals surface area contributed by atoms with Crippen LogP contribution in [0.1, 0.15) is 58.6 Å². The van der Waals surface area contributed by atoms with Crippen LogP contribution >= 0.6 is 11.3 Å². The van der Waals surface area contributed by atoms with Crippen molar-refractivity contribution in [3.63, 3.8) is 0 Å². The van der Waals surface area contributed by atoms with E-state index in [4.69, 9.17) is 9.84 Å². The normalized spacial score (nSPS) is 13.4. The van der Waals surface area contributed by atoms with E-state index in [0.29, 0.717) is 27.5 Å². The molecule has 1 aliphatic carbocycles. The van der Waals surface area contributed by atoms with Crippen LogP contribution in [0.4, 0.5) is 8.78 Å². The molecular formula is C32H30F2N4O4S2. The number of ether oxygens (including phenoxy) is 1. The Balaban J connectivity index is 0.00000384. The number of thiazole rings is 1. The van der Waals surface area contributed by atoms with Gasteiger partial charge in [0, 0.05) is 34.4 Å². The van der Waals surface area contributed by atoms with Crippen molar-refractivity contribution in [1.29, 1.82) is 0 Å². The van der Waals surface area contributed by atoms with Crippen molar-refractivity contribution in [2.24, 2.45) is 0 Å². The topological polar surface area (TPSA) is 132 Å². The minimum Gasteiger partial charge on any atom is -0.612 e. The van der Waals surface area contributed by atoms with Crippen LogP contribution in [-0.2, 0) is 26.4 Å². The molecule has 2 heterocycles. The van der Waals surface area contributed by atoms with E-state index in [0.717, 1.165) is 35.2 Å². The fraction of sp³-hybridized carbons (Fsp3) is 0.219. The van der Waals surface area contributed by atoms with Crippen LogP contribution in [0.15, 0.2) is 70.9 Å². The van der Waals surface area contributed by atoms with Crippen LogP contribution in [0.3, 0.4) is 0 Å². The number of benzene rings is 3. The average Bonchev–Trinajstić information content (AvgIpc) is 3.57. The van der Waals surface area contributed by atoms with E-state index in [-0.39, 0.29) is 41.5 Å². The molecule has 0 amide bonds. The molecule has 0 spiro atoms. The van der Waals surface area contributed by atoms with Gasteiger partial charge in [-0.05, 0) is 68.1 Å². The van der Waals surface area contributed by atoms with Gasteiger partial charge in [-0.15, -0.1) is 15.5 Å². The summed E-state index contributed by atoms with van der Waals surface area (Å²) in [5.74, 6) is -1.57. The molecule has 5 aromatic rings. The second-order valence-corrected chi connectivity index (χ2v) is 12.2. The third-order valence-electron chi connectivity index (χ3n) is 7.34. The summed E-state index contributed by atoms with van der Waals surface area (Å²) in [6.45, 7) is 3.91. The SMILES string of the molecule is CCOC(=O)c1csc(-n2nc(-c3ccc(F)c(-c4ccc(C)cc4)c3)c(Cc3ccc([SH+](=O)[O-])c(F)c3)c2C2CC2)n1.N. The summed E-state index contributed by atoms with van der Waals surface area (Å²) in [7, 11) is 0. The highest BCUT2D eigenvalue weighted by Gasteiger charge is 2.34. The Morgan fingerprint density at radius 2 is 1.80 bits per heavy atom. The zero-order valence-electron chi connectivity index (χ0n) is 24.0. The van der Waals surface area contributed by atoms with Gasteiger partial charge in [0.05, 0.1) is 29.1 Å². The fourth-order valence-electron chi connectivity index (χ4n) is 5.09. The quantitative estimate of drug-likeness (QED) is 0.102. The van der Waals surface area contributed by atoms with E-state index in [1.807, 2.05) is 31.2 Å². The lowest BCUT2D eigenvalue weighted by molar-refractivity contribution is 0.0520. The predicted octanol–water partition coefficient (Wildman–Crippen LogP) is 7.24. The Kier molecular flexibility index (Phi) is 9.16. The maximum absolute atomic E-state index is 15.1. The minimum absolute atomic E-state index is 0. The van der Waals surface area contributed by atoms with Crippen LogP contribution in [0.2, 0.25) is 0 Å². The van der Waals surface area contributed by atoms with Crippen molar-refractivity contribution in [1.82, 2.24) is 20.9 Å². The Bertz CT molecular complexity index is 1870. The number of hydrogen-bond donors (Lipinski definition) is 1. The zero-order valence-corrected chi connectivity index (χ0v) is 25.8. The number of aryl methyl sites for hydroxylation is 1. The number of esters is 1. The summed E-state index contributed by atoms with van der Waals surface area (Å²) >= 11 is -1.82. The number of thiol groups is 1. The standard InChI is InChI=1S/C32H27F2N3O4S2.H3N/c1-3-41-31(38)27-17-42-32(35-27)37-30(21-9-10-21)24(14-19-6-13-28(43(39)40)26(34)15-19)29(36-37)22-11-12-25(33)23(16-22)20-7-4-18(2)5-8-20;/h4-8,11-13,15-17,21,43H,3,9-10,14H2,1-2H3;1H3. The lowest BCUT2D eigenvalue weighted by Gasteiger charge is -2.10. The van der Waals surface area contributed by atoms with E-state index in [1.54, 1.807) is 35.2 Å². The number of aromatic nitrogens is 3. The molecule has 228 valence electrons. The molecule has 2 aromatic heterocycles. The summed E-state index contributed by atoms with van der Waals surface area (Å²) in [6.07, 6.45) is 2.08. The highest BCUT2D eigenvalue weighted by atomic mass is 32.2. The van der Waals surface area contributed by atoms with E-state index >= 15 is 4.39 Å².